The maximum absolute atomic E-state index is 13.7. The lowest BCUT2D eigenvalue weighted by molar-refractivity contribution is -0.284. The number of hydrogen-bond donors (Lipinski definition) is 1. The van der Waals surface area contributed by atoms with E-state index in [1.54, 1.807) is 6.08 Å². The van der Waals surface area contributed by atoms with Crippen LogP contribution < -0.4 is 0 Å². The zero-order valence-corrected chi connectivity index (χ0v) is 29.3. The molecule has 3 saturated carbocycles. The molecule has 2 heterocycles. The summed E-state index contributed by atoms with van der Waals surface area (Å²) in [6.45, 7) is 7.36. The first kappa shape index (κ1) is 34.3. The molecule has 2 bridgehead atoms. The lowest BCUT2D eigenvalue weighted by atomic mass is 9.36. The number of aliphatic hydroxyl groups is 1. The molecule has 0 aromatic heterocycles. The predicted octanol–water partition coefficient (Wildman–Crippen LogP) is 8.91. The van der Waals surface area contributed by atoms with E-state index in [2.05, 4.69) is 62.9 Å². The number of cyclic esters (lactones) is 1. The van der Waals surface area contributed by atoms with E-state index in [0.717, 1.165) is 50.5 Å². The van der Waals surface area contributed by atoms with Crippen LogP contribution in [0.25, 0.3) is 0 Å². The van der Waals surface area contributed by atoms with E-state index in [4.69, 9.17) is 9.47 Å². The quantitative estimate of drug-likeness (QED) is 0.182. The van der Waals surface area contributed by atoms with Gasteiger partial charge in [-0.3, -0.25) is 4.79 Å². The van der Waals surface area contributed by atoms with Crippen LogP contribution in [0.2, 0.25) is 0 Å². The first-order valence-electron chi connectivity index (χ1n) is 18.9. The Hall–Kier alpha value is -2.58. The number of fused-ring (bicyclic) bond motifs is 4. The third-order valence-electron chi connectivity index (χ3n) is 13.6. The van der Waals surface area contributed by atoms with Crippen molar-refractivity contribution in [2.75, 3.05) is 6.61 Å². The minimum atomic E-state index is -1.09. The van der Waals surface area contributed by atoms with Crippen molar-refractivity contribution >= 4 is 11.9 Å². The van der Waals surface area contributed by atoms with Crippen molar-refractivity contribution in [3.05, 3.63) is 47.5 Å². The van der Waals surface area contributed by atoms with Crippen molar-refractivity contribution in [2.24, 2.45) is 34.0 Å². The van der Waals surface area contributed by atoms with Gasteiger partial charge in [-0.1, -0.05) is 88.6 Å². The zero-order valence-electron chi connectivity index (χ0n) is 29.3. The van der Waals surface area contributed by atoms with Gasteiger partial charge in [0.1, 0.15) is 12.7 Å². The summed E-state index contributed by atoms with van der Waals surface area (Å²) >= 11 is 0. The Balaban J connectivity index is 1.34. The fraction of sp³-hybridized carbons (Fsp3) is 0.714. The van der Waals surface area contributed by atoms with E-state index in [1.165, 1.54) is 44.1 Å². The average Bonchev–Trinajstić information content (AvgIpc) is 3.75. The van der Waals surface area contributed by atoms with Gasteiger partial charge in [-0.15, -0.1) is 5.92 Å². The molecule has 7 atom stereocenters. The van der Waals surface area contributed by atoms with E-state index in [0.29, 0.717) is 50.5 Å². The SMILES string of the molecule is CC(CCCc1ccccc1)CCCC12CCCC(C)(C3CCCC3)C1C1CC(C)(C#CCCC(=O)O1)C2(O)CCC1=CC(=O)OC1. The summed E-state index contributed by atoms with van der Waals surface area (Å²) in [6, 6.07) is 10.8. The number of rotatable bonds is 12. The van der Waals surface area contributed by atoms with Gasteiger partial charge in [0.15, 0.2) is 0 Å². The molecule has 7 unspecified atom stereocenters. The number of carbonyl (C=O) groups excluding carboxylic acids is 2. The maximum Gasteiger partial charge on any atom is 0.331 e. The molecule has 0 saturated heterocycles. The first-order chi connectivity index (χ1) is 22.6. The number of ether oxygens (including phenoxy) is 2. The monoisotopic (exact) mass is 642 g/mol. The predicted molar refractivity (Wildman–Crippen MR) is 185 cm³/mol. The molecule has 2 aliphatic heterocycles. The number of benzene rings is 1. The summed E-state index contributed by atoms with van der Waals surface area (Å²) in [4.78, 5) is 25.3. The highest BCUT2D eigenvalue weighted by Crippen LogP contribution is 2.71. The molecule has 5 nitrogen and oxygen atoms in total. The van der Waals surface area contributed by atoms with E-state index in [-0.39, 0.29) is 29.4 Å². The smallest absolute Gasteiger partial charge is 0.331 e. The van der Waals surface area contributed by atoms with Gasteiger partial charge in [-0.05, 0) is 93.1 Å². The number of hydrogen-bond acceptors (Lipinski definition) is 5. The van der Waals surface area contributed by atoms with Crippen molar-refractivity contribution in [1.82, 2.24) is 0 Å². The standard InChI is InChI=1S/C42H58O5/c1-31(14-11-18-32-16-5-4-6-17-32)15-12-25-41-26-13-24-40(3,34-19-7-8-20-34)38(41)35-29-39(2,23-10-9-21-36(43)47-35)42(41,45)27-22-33-28-37(44)46-30-33/h4-6,16-17,28,31,34-35,38,45H,7-9,11-15,18-22,24-27,29-30H2,1-3H3. The molecule has 1 aromatic carbocycles. The second-order valence-electron chi connectivity index (χ2n) is 16.5. The van der Waals surface area contributed by atoms with Crippen LogP contribution in [-0.2, 0) is 25.5 Å². The van der Waals surface area contributed by atoms with Crippen LogP contribution in [0.1, 0.15) is 135 Å². The summed E-state index contributed by atoms with van der Waals surface area (Å²) in [7, 11) is 0. The number of aryl methyl sites for hydroxylation is 1. The van der Waals surface area contributed by atoms with Crippen LogP contribution in [0.4, 0.5) is 0 Å². The highest BCUT2D eigenvalue weighted by atomic mass is 16.5. The van der Waals surface area contributed by atoms with E-state index in [1.807, 2.05) is 0 Å². The molecule has 5 heteroatoms. The molecular formula is C42H58O5. The molecule has 256 valence electrons. The van der Waals surface area contributed by atoms with Crippen molar-refractivity contribution in [3.63, 3.8) is 0 Å². The first-order valence-corrected chi connectivity index (χ1v) is 18.9. The Kier molecular flexibility index (Phi) is 10.3. The van der Waals surface area contributed by atoms with Crippen LogP contribution in [0.5, 0.6) is 0 Å². The molecule has 6 rings (SSSR count). The van der Waals surface area contributed by atoms with Crippen LogP contribution >= 0.6 is 0 Å². The second kappa shape index (κ2) is 14.1. The molecule has 0 radical (unpaired) electrons. The van der Waals surface area contributed by atoms with Crippen molar-refractivity contribution < 1.29 is 24.2 Å². The largest absolute Gasteiger partial charge is 0.462 e. The second-order valence-corrected chi connectivity index (χ2v) is 16.5. The Labute approximate surface area is 283 Å². The van der Waals surface area contributed by atoms with Gasteiger partial charge in [0, 0.05) is 30.3 Å². The summed E-state index contributed by atoms with van der Waals surface area (Å²) < 4.78 is 11.9. The van der Waals surface area contributed by atoms with Crippen LogP contribution in [-0.4, -0.2) is 35.4 Å². The molecule has 47 heavy (non-hydrogen) atoms. The molecule has 5 aliphatic rings. The summed E-state index contributed by atoms with van der Waals surface area (Å²) in [5.74, 6) is 7.80. The van der Waals surface area contributed by atoms with Gasteiger partial charge in [0.25, 0.3) is 0 Å². The van der Waals surface area contributed by atoms with Gasteiger partial charge in [0.2, 0.25) is 0 Å². The molecule has 1 aromatic rings. The molecule has 3 fully saturated rings. The van der Waals surface area contributed by atoms with E-state index >= 15 is 0 Å². The van der Waals surface area contributed by atoms with Crippen LogP contribution in [0.15, 0.2) is 42.0 Å². The van der Waals surface area contributed by atoms with Crippen molar-refractivity contribution in [1.29, 1.82) is 0 Å². The van der Waals surface area contributed by atoms with Crippen LogP contribution in [0.3, 0.4) is 0 Å². The van der Waals surface area contributed by atoms with Crippen molar-refractivity contribution in [2.45, 2.75) is 148 Å². The summed E-state index contributed by atoms with van der Waals surface area (Å²) in [5.41, 5.74) is 0.109. The fourth-order valence-corrected chi connectivity index (χ4v) is 11.3. The molecule has 3 aliphatic carbocycles. The van der Waals surface area contributed by atoms with E-state index in [9.17, 15) is 14.7 Å². The minimum absolute atomic E-state index is 0.0104. The Morgan fingerprint density at radius 3 is 2.49 bits per heavy atom. The van der Waals surface area contributed by atoms with Gasteiger partial charge >= 0.3 is 11.9 Å². The Morgan fingerprint density at radius 2 is 1.74 bits per heavy atom. The third kappa shape index (κ3) is 6.70. The fourth-order valence-electron chi connectivity index (χ4n) is 11.3. The zero-order chi connectivity index (χ0) is 33.1. The summed E-state index contributed by atoms with van der Waals surface area (Å²) in [5, 5.41) is 13.7. The van der Waals surface area contributed by atoms with E-state index < -0.39 is 16.4 Å². The van der Waals surface area contributed by atoms with Gasteiger partial charge in [-0.25, -0.2) is 4.79 Å². The highest BCUT2D eigenvalue weighted by molar-refractivity contribution is 5.85. The molecule has 0 amide bonds. The molecule has 1 N–H and O–H groups in total. The minimum Gasteiger partial charge on any atom is -0.462 e. The highest BCUT2D eigenvalue weighted by Gasteiger charge is 2.72. The number of carbonyl (C=O) groups is 2. The topological polar surface area (TPSA) is 72.8 Å². The maximum atomic E-state index is 13.7. The Bertz CT molecular complexity index is 1370. The van der Waals surface area contributed by atoms with Gasteiger partial charge < -0.3 is 14.6 Å². The molecule has 0 spiro atoms. The lowest BCUT2D eigenvalue weighted by Crippen LogP contribution is -2.72. The lowest BCUT2D eigenvalue weighted by Gasteiger charge is -2.69. The van der Waals surface area contributed by atoms with Gasteiger partial charge in [-0.2, -0.15) is 0 Å². The third-order valence-corrected chi connectivity index (χ3v) is 13.6. The normalized spacial score (nSPS) is 36.1. The summed E-state index contributed by atoms with van der Waals surface area (Å²) in [6.07, 6.45) is 18.6. The van der Waals surface area contributed by atoms with Gasteiger partial charge in [0.05, 0.1) is 17.4 Å². The molecular weight excluding hydrogens is 584 g/mol. The number of esters is 2. The Morgan fingerprint density at radius 1 is 0.979 bits per heavy atom. The van der Waals surface area contributed by atoms with Crippen molar-refractivity contribution in [3.8, 4) is 11.8 Å². The average molecular weight is 643 g/mol. The van der Waals surface area contributed by atoms with Crippen LogP contribution in [0, 0.1) is 45.8 Å².